The zero-order valence-corrected chi connectivity index (χ0v) is 9.47. The maximum Gasteiger partial charge on any atom is 0.311 e. The topological polar surface area (TPSA) is 80.0 Å². The molecule has 1 heterocycles. The normalized spacial score (nSPS) is 15.4. The molecule has 1 aliphatic carbocycles. The molecule has 6 heteroatoms. The molecule has 88 valence electrons. The lowest BCUT2D eigenvalue weighted by Gasteiger charge is -2.11. The summed E-state index contributed by atoms with van der Waals surface area (Å²) in [6, 6.07) is 0.643. The maximum absolute atomic E-state index is 10.7. The quantitative estimate of drug-likeness (QED) is 0.781. The molecule has 1 aromatic heterocycles. The first-order valence-corrected chi connectivity index (χ1v) is 5.50. The van der Waals surface area contributed by atoms with Gasteiger partial charge in [0.05, 0.1) is 0 Å². The molecule has 0 aromatic carbocycles. The van der Waals surface area contributed by atoms with Crippen LogP contribution < -0.4 is 5.32 Å². The molecule has 0 amide bonds. The Balaban J connectivity index is 2.24. The monoisotopic (exact) mass is 224 g/mol. The van der Waals surface area contributed by atoms with Crippen molar-refractivity contribution in [2.45, 2.75) is 45.2 Å². The van der Waals surface area contributed by atoms with Crippen molar-refractivity contribution in [1.82, 2.24) is 14.8 Å². The molecule has 1 aromatic rings. The van der Waals surface area contributed by atoms with E-state index in [4.69, 9.17) is 5.11 Å². The second-order valence-corrected chi connectivity index (χ2v) is 4.41. The standard InChI is InChI=1S/C10H16N4O2/c1-6(2)11-10-13-12-8(5-9(15)16)14(10)7-3-4-7/h6-7H,3-5H2,1-2H3,(H,11,13)(H,15,16). The highest BCUT2D eigenvalue weighted by Gasteiger charge is 2.30. The Bertz CT molecular complexity index is 396. The van der Waals surface area contributed by atoms with Crippen molar-refractivity contribution in [2.75, 3.05) is 5.32 Å². The van der Waals surface area contributed by atoms with Crippen LogP contribution in [0.15, 0.2) is 0 Å². The van der Waals surface area contributed by atoms with Crippen LogP contribution in [0.25, 0.3) is 0 Å². The van der Waals surface area contributed by atoms with Gasteiger partial charge >= 0.3 is 5.97 Å². The maximum atomic E-state index is 10.7. The highest BCUT2D eigenvalue weighted by atomic mass is 16.4. The lowest BCUT2D eigenvalue weighted by molar-refractivity contribution is -0.136. The van der Waals surface area contributed by atoms with Crippen molar-refractivity contribution in [1.29, 1.82) is 0 Å². The van der Waals surface area contributed by atoms with Gasteiger partial charge in [-0.15, -0.1) is 10.2 Å². The first-order chi connectivity index (χ1) is 7.58. The van der Waals surface area contributed by atoms with Gasteiger partial charge in [-0.25, -0.2) is 0 Å². The van der Waals surface area contributed by atoms with Gasteiger partial charge in [0.15, 0.2) is 0 Å². The van der Waals surface area contributed by atoms with E-state index >= 15 is 0 Å². The number of nitrogens with one attached hydrogen (secondary N) is 1. The van der Waals surface area contributed by atoms with Crippen LogP contribution in [-0.4, -0.2) is 31.9 Å². The number of nitrogens with zero attached hydrogens (tertiary/aromatic N) is 3. The summed E-state index contributed by atoms with van der Waals surface area (Å²) in [4.78, 5) is 10.7. The van der Waals surface area contributed by atoms with Gasteiger partial charge in [-0.3, -0.25) is 9.36 Å². The van der Waals surface area contributed by atoms with E-state index in [-0.39, 0.29) is 12.5 Å². The van der Waals surface area contributed by atoms with Gasteiger partial charge in [-0.05, 0) is 26.7 Å². The van der Waals surface area contributed by atoms with Crippen LogP contribution in [0, 0.1) is 0 Å². The molecule has 1 fully saturated rings. The first kappa shape index (κ1) is 10.9. The van der Waals surface area contributed by atoms with E-state index in [1.54, 1.807) is 0 Å². The van der Waals surface area contributed by atoms with E-state index in [0.717, 1.165) is 12.8 Å². The summed E-state index contributed by atoms with van der Waals surface area (Å²) in [5, 5.41) is 19.9. The van der Waals surface area contributed by atoms with Crippen LogP contribution >= 0.6 is 0 Å². The van der Waals surface area contributed by atoms with Crippen LogP contribution in [0.5, 0.6) is 0 Å². The predicted octanol–water partition coefficient (Wildman–Crippen LogP) is 1.06. The summed E-state index contributed by atoms with van der Waals surface area (Å²) in [6.45, 7) is 4.03. The Labute approximate surface area is 93.7 Å². The van der Waals surface area contributed by atoms with Crippen molar-refractivity contribution in [2.24, 2.45) is 0 Å². The summed E-state index contributed by atoms with van der Waals surface area (Å²) in [5.74, 6) is 0.359. The summed E-state index contributed by atoms with van der Waals surface area (Å²) in [6.07, 6.45) is 2.10. The fourth-order valence-electron chi connectivity index (χ4n) is 1.65. The second-order valence-electron chi connectivity index (χ2n) is 4.41. The Hall–Kier alpha value is -1.59. The van der Waals surface area contributed by atoms with Crippen LogP contribution in [0.1, 0.15) is 38.6 Å². The van der Waals surface area contributed by atoms with Gasteiger partial charge in [-0.1, -0.05) is 0 Å². The third kappa shape index (κ3) is 2.32. The van der Waals surface area contributed by atoms with E-state index < -0.39 is 5.97 Å². The predicted molar refractivity (Wildman–Crippen MR) is 58.4 cm³/mol. The smallest absolute Gasteiger partial charge is 0.311 e. The van der Waals surface area contributed by atoms with Gasteiger partial charge in [0, 0.05) is 12.1 Å². The number of rotatable bonds is 5. The van der Waals surface area contributed by atoms with Crippen molar-refractivity contribution >= 4 is 11.9 Å². The molecule has 0 radical (unpaired) electrons. The number of carbonyl (C=O) groups is 1. The van der Waals surface area contributed by atoms with Crippen LogP contribution in [0.3, 0.4) is 0 Å². The van der Waals surface area contributed by atoms with Crippen LogP contribution in [-0.2, 0) is 11.2 Å². The molecule has 0 aliphatic heterocycles. The molecular weight excluding hydrogens is 208 g/mol. The molecule has 6 nitrogen and oxygen atoms in total. The Morgan fingerprint density at radius 3 is 2.75 bits per heavy atom. The highest BCUT2D eigenvalue weighted by molar-refractivity contribution is 5.69. The van der Waals surface area contributed by atoms with E-state index in [1.807, 2.05) is 18.4 Å². The number of aromatic nitrogens is 3. The van der Waals surface area contributed by atoms with Crippen molar-refractivity contribution in [3.05, 3.63) is 5.82 Å². The molecule has 0 bridgehead atoms. The number of aliphatic carboxylic acids is 1. The summed E-state index contributed by atoms with van der Waals surface area (Å²) >= 11 is 0. The molecule has 1 saturated carbocycles. The van der Waals surface area contributed by atoms with Crippen LogP contribution in [0.2, 0.25) is 0 Å². The molecule has 2 N–H and O–H groups in total. The summed E-state index contributed by atoms with van der Waals surface area (Å²) in [7, 11) is 0. The average molecular weight is 224 g/mol. The number of carboxylic acids is 1. The molecule has 0 spiro atoms. The zero-order chi connectivity index (χ0) is 11.7. The second kappa shape index (κ2) is 4.11. The minimum absolute atomic E-state index is 0.0662. The summed E-state index contributed by atoms with van der Waals surface area (Å²) in [5.41, 5.74) is 0. The average Bonchev–Trinajstić information content (AvgIpc) is 2.91. The molecule has 0 unspecified atom stereocenters. The van der Waals surface area contributed by atoms with E-state index in [2.05, 4.69) is 15.5 Å². The van der Waals surface area contributed by atoms with Gasteiger partial charge < -0.3 is 10.4 Å². The van der Waals surface area contributed by atoms with Crippen molar-refractivity contribution in [3.63, 3.8) is 0 Å². The van der Waals surface area contributed by atoms with Crippen molar-refractivity contribution < 1.29 is 9.90 Å². The Kier molecular flexibility index (Phi) is 2.80. The number of hydrogen-bond acceptors (Lipinski definition) is 4. The molecule has 0 atom stereocenters. The highest BCUT2D eigenvalue weighted by Crippen LogP contribution is 2.38. The number of hydrogen-bond donors (Lipinski definition) is 2. The van der Waals surface area contributed by atoms with Gasteiger partial charge in [0.2, 0.25) is 5.95 Å². The zero-order valence-electron chi connectivity index (χ0n) is 9.47. The Morgan fingerprint density at radius 1 is 1.56 bits per heavy atom. The molecule has 1 aliphatic rings. The van der Waals surface area contributed by atoms with Gasteiger partial charge in [-0.2, -0.15) is 0 Å². The van der Waals surface area contributed by atoms with Gasteiger partial charge in [0.1, 0.15) is 12.2 Å². The first-order valence-electron chi connectivity index (χ1n) is 5.50. The Morgan fingerprint density at radius 2 is 2.25 bits per heavy atom. The lowest BCUT2D eigenvalue weighted by atomic mass is 10.4. The SMILES string of the molecule is CC(C)Nc1nnc(CC(=O)O)n1C1CC1. The molecule has 2 rings (SSSR count). The van der Waals surface area contributed by atoms with E-state index in [1.165, 1.54) is 0 Å². The molecule has 0 saturated heterocycles. The van der Waals surface area contributed by atoms with E-state index in [0.29, 0.717) is 17.8 Å². The summed E-state index contributed by atoms with van der Waals surface area (Å²) < 4.78 is 1.92. The van der Waals surface area contributed by atoms with E-state index in [9.17, 15) is 4.79 Å². The fourth-order valence-corrected chi connectivity index (χ4v) is 1.65. The lowest BCUT2D eigenvalue weighted by Crippen LogP contribution is -2.16. The van der Waals surface area contributed by atoms with Crippen molar-refractivity contribution in [3.8, 4) is 0 Å². The largest absolute Gasteiger partial charge is 0.481 e. The minimum Gasteiger partial charge on any atom is -0.481 e. The van der Waals surface area contributed by atoms with Crippen LogP contribution in [0.4, 0.5) is 5.95 Å². The number of carboxylic acid groups (broad SMARTS) is 1. The third-order valence-corrected chi connectivity index (χ3v) is 2.41. The number of anilines is 1. The van der Waals surface area contributed by atoms with Gasteiger partial charge in [0.25, 0.3) is 0 Å². The molecular formula is C10H16N4O2. The molecule has 16 heavy (non-hydrogen) atoms. The minimum atomic E-state index is -0.870. The fraction of sp³-hybridized carbons (Fsp3) is 0.700. The third-order valence-electron chi connectivity index (χ3n) is 2.41.